The van der Waals surface area contributed by atoms with Crippen molar-refractivity contribution in [1.82, 2.24) is 20.3 Å². The van der Waals surface area contributed by atoms with Gasteiger partial charge in [0.25, 0.3) is 0 Å². The molecule has 0 fully saturated rings. The van der Waals surface area contributed by atoms with E-state index in [1.165, 1.54) is 7.05 Å². The molecule has 3 N–H and O–H groups in total. The van der Waals surface area contributed by atoms with Gasteiger partial charge >= 0.3 is 0 Å². The Hall–Kier alpha value is -1.64. The smallest absolute Gasteiger partial charge is 0.240 e. The fourth-order valence-corrected chi connectivity index (χ4v) is 3.73. The number of sulfonamides is 1. The first-order valence-electron chi connectivity index (χ1n) is 9.44. The molecule has 0 atom stereocenters. The third-order valence-electron chi connectivity index (χ3n) is 4.37. The van der Waals surface area contributed by atoms with Gasteiger partial charge in [-0.25, -0.2) is 13.1 Å². The predicted octanol–water partition coefficient (Wildman–Crippen LogP) is 1.77. The van der Waals surface area contributed by atoms with E-state index in [2.05, 4.69) is 52.9 Å². The van der Waals surface area contributed by atoms with Gasteiger partial charge in [-0.1, -0.05) is 12.1 Å². The van der Waals surface area contributed by atoms with Gasteiger partial charge in [0.2, 0.25) is 10.0 Å². The molecule has 0 saturated carbocycles. The van der Waals surface area contributed by atoms with E-state index in [9.17, 15) is 8.42 Å². The zero-order chi connectivity index (χ0) is 20.4. The summed E-state index contributed by atoms with van der Waals surface area (Å²) in [5.41, 5.74) is 0.875. The van der Waals surface area contributed by atoms with Crippen molar-refractivity contribution in [3.8, 4) is 0 Å². The first kappa shape index (κ1) is 23.4. The molecular weight excluding hydrogens is 362 g/mol. The van der Waals surface area contributed by atoms with Crippen molar-refractivity contribution in [3.05, 3.63) is 29.8 Å². The number of hydrogen-bond acceptors (Lipinski definition) is 4. The Balaban J connectivity index is 2.51. The molecule has 0 amide bonds. The Morgan fingerprint density at radius 1 is 1.15 bits per heavy atom. The Kier molecular flexibility index (Phi) is 9.76. The van der Waals surface area contributed by atoms with Gasteiger partial charge in [-0.05, 0) is 58.9 Å². The van der Waals surface area contributed by atoms with Crippen molar-refractivity contribution in [2.75, 3.05) is 27.2 Å². The summed E-state index contributed by atoms with van der Waals surface area (Å²) in [5, 5.41) is 6.54. The van der Waals surface area contributed by atoms with Crippen LogP contribution in [0.3, 0.4) is 0 Å². The molecule has 0 radical (unpaired) electrons. The largest absolute Gasteiger partial charge is 0.356 e. The Bertz CT molecular complexity index is 694. The van der Waals surface area contributed by atoms with Gasteiger partial charge in [-0.3, -0.25) is 9.89 Å². The van der Waals surface area contributed by atoms with E-state index in [-0.39, 0.29) is 4.90 Å². The fraction of sp³-hybridized carbons (Fsp3) is 0.632. The lowest BCUT2D eigenvalue weighted by atomic mass is 10.2. The van der Waals surface area contributed by atoms with Gasteiger partial charge in [0.1, 0.15) is 0 Å². The van der Waals surface area contributed by atoms with Crippen LogP contribution < -0.4 is 15.4 Å². The van der Waals surface area contributed by atoms with Crippen LogP contribution in [0.2, 0.25) is 0 Å². The van der Waals surface area contributed by atoms with Crippen LogP contribution >= 0.6 is 0 Å². The molecule has 27 heavy (non-hydrogen) atoms. The van der Waals surface area contributed by atoms with Crippen LogP contribution in [-0.2, 0) is 16.6 Å². The number of benzene rings is 1. The van der Waals surface area contributed by atoms with Crippen molar-refractivity contribution in [3.63, 3.8) is 0 Å². The van der Waals surface area contributed by atoms with Gasteiger partial charge in [0, 0.05) is 38.8 Å². The van der Waals surface area contributed by atoms with Gasteiger partial charge in [0.15, 0.2) is 5.96 Å². The van der Waals surface area contributed by atoms with E-state index in [1.54, 1.807) is 25.2 Å². The molecule has 0 bridgehead atoms. The standard InChI is InChI=1S/C19H35N5O2S/c1-15(2)24(16(3)4)12-8-11-22-19(20-5)23-14-17-9-7-10-18(13-17)27(25,26)21-6/h7,9-10,13,15-16,21H,8,11-12,14H2,1-6H3,(H2,20,22,23). The van der Waals surface area contributed by atoms with Gasteiger partial charge in [-0.15, -0.1) is 0 Å². The summed E-state index contributed by atoms with van der Waals surface area (Å²) >= 11 is 0. The molecule has 0 spiro atoms. The van der Waals surface area contributed by atoms with Crippen LogP contribution in [0.4, 0.5) is 0 Å². The molecule has 8 heteroatoms. The van der Waals surface area contributed by atoms with E-state index in [4.69, 9.17) is 0 Å². The number of aliphatic imine (C=N–C) groups is 1. The number of nitrogens with zero attached hydrogens (tertiary/aromatic N) is 2. The molecule has 7 nitrogen and oxygen atoms in total. The van der Waals surface area contributed by atoms with Crippen LogP contribution in [0.15, 0.2) is 34.2 Å². The second-order valence-corrected chi connectivity index (χ2v) is 8.87. The molecule has 0 aromatic heterocycles. The van der Waals surface area contributed by atoms with E-state index >= 15 is 0 Å². The SMILES string of the molecule is CN=C(NCCCN(C(C)C)C(C)C)NCc1cccc(S(=O)(=O)NC)c1. The summed E-state index contributed by atoms with van der Waals surface area (Å²) in [6.45, 7) is 11.2. The second kappa shape index (κ2) is 11.3. The molecule has 0 aliphatic rings. The Morgan fingerprint density at radius 3 is 2.37 bits per heavy atom. The molecule has 0 aliphatic carbocycles. The quantitative estimate of drug-likeness (QED) is 0.318. The molecule has 0 unspecified atom stereocenters. The van der Waals surface area contributed by atoms with Crippen molar-refractivity contribution in [1.29, 1.82) is 0 Å². The molecular formula is C19H35N5O2S. The average molecular weight is 398 g/mol. The lowest BCUT2D eigenvalue weighted by Crippen LogP contribution is -2.41. The molecule has 1 aromatic carbocycles. The maximum absolute atomic E-state index is 11.9. The number of nitrogens with one attached hydrogen (secondary N) is 3. The van der Waals surface area contributed by atoms with Gasteiger partial charge < -0.3 is 10.6 Å². The maximum Gasteiger partial charge on any atom is 0.240 e. The van der Waals surface area contributed by atoms with Crippen LogP contribution in [-0.4, -0.2) is 58.5 Å². The number of guanidine groups is 1. The molecule has 1 aromatic rings. The average Bonchev–Trinajstić information content (AvgIpc) is 2.63. The number of rotatable bonds is 10. The van der Waals surface area contributed by atoms with Crippen LogP contribution in [0.25, 0.3) is 0 Å². The highest BCUT2D eigenvalue weighted by molar-refractivity contribution is 7.89. The van der Waals surface area contributed by atoms with Crippen LogP contribution in [0.1, 0.15) is 39.7 Å². The number of hydrogen-bond donors (Lipinski definition) is 3. The summed E-state index contributed by atoms with van der Waals surface area (Å²) in [4.78, 5) is 6.95. The Labute approximate surface area is 164 Å². The Morgan fingerprint density at radius 2 is 1.81 bits per heavy atom. The topological polar surface area (TPSA) is 85.8 Å². The second-order valence-electron chi connectivity index (χ2n) is 6.99. The van der Waals surface area contributed by atoms with E-state index in [0.29, 0.717) is 24.6 Å². The minimum atomic E-state index is -3.43. The molecule has 0 saturated heterocycles. The maximum atomic E-state index is 11.9. The van der Waals surface area contributed by atoms with Gasteiger partial charge in [0.05, 0.1) is 4.90 Å². The third-order valence-corrected chi connectivity index (χ3v) is 5.79. The highest BCUT2D eigenvalue weighted by Crippen LogP contribution is 2.11. The molecule has 1 rings (SSSR count). The van der Waals surface area contributed by atoms with Gasteiger partial charge in [-0.2, -0.15) is 0 Å². The highest BCUT2D eigenvalue weighted by atomic mass is 32.2. The molecule has 0 heterocycles. The molecule has 0 aliphatic heterocycles. The summed E-state index contributed by atoms with van der Waals surface area (Å²) in [6.07, 6.45) is 1.02. The van der Waals surface area contributed by atoms with Crippen LogP contribution in [0.5, 0.6) is 0 Å². The normalized spacial score (nSPS) is 12.9. The predicted molar refractivity (Wildman–Crippen MR) is 112 cm³/mol. The van der Waals surface area contributed by atoms with E-state index in [1.807, 2.05) is 6.07 Å². The third kappa shape index (κ3) is 7.86. The summed E-state index contributed by atoms with van der Waals surface area (Å²) in [6, 6.07) is 7.93. The summed E-state index contributed by atoms with van der Waals surface area (Å²) in [7, 11) is -0.297. The zero-order valence-corrected chi connectivity index (χ0v) is 18.2. The molecule has 154 valence electrons. The summed E-state index contributed by atoms with van der Waals surface area (Å²) < 4.78 is 26.1. The van der Waals surface area contributed by atoms with Crippen molar-refractivity contribution in [2.24, 2.45) is 4.99 Å². The zero-order valence-electron chi connectivity index (χ0n) is 17.4. The first-order chi connectivity index (χ1) is 12.7. The first-order valence-corrected chi connectivity index (χ1v) is 10.9. The fourth-order valence-electron chi connectivity index (χ4n) is 2.93. The lowest BCUT2D eigenvalue weighted by molar-refractivity contribution is 0.173. The van der Waals surface area contributed by atoms with Crippen LogP contribution in [0, 0.1) is 0 Å². The summed E-state index contributed by atoms with van der Waals surface area (Å²) in [5.74, 6) is 0.706. The van der Waals surface area contributed by atoms with Crippen molar-refractivity contribution < 1.29 is 8.42 Å². The van der Waals surface area contributed by atoms with Crippen molar-refractivity contribution >= 4 is 16.0 Å². The highest BCUT2D eigenvalue weighted by Gasteiger charge is 2.13. The van der Waals surface area contributed by atoms with Crippen molar-refractivity contribution in [2.45, 2.75) is 57.6 Å². The monoisotopic (exact) mass is 397 g/mol. The van der Waals surface area contributed by atoms with E-state index < -0.39 is 10.0 Å². The minimum absolute atomic E-state index is 0.259. The minimum Gasteiger partial charge on any atom is -0.356 e. The lowest BCUT2D eigenvalue weighted by Gasteiger charge is -2.30. The van der Waals surface area contributed by atoms with E-state index in [0.717, 1.165) is 25.1 Å².